The summed E-state index contributed by atoms with van der Waals surface area (Å²) in [7, 11) is 0. The highest BCUT2D eigenvalue weighted by Crippen LogP contribution is 2.05. The van der Waals surface area contributed by atoms with Crippen molar-refractivity contribution in [1.29, 1.82) is 0 Å². The summed E-state index contributed by atoms with van der Waals surface area (Å²) in [5, 5.41) is 9.65. The zero-order valence-corrected chi connectivity index (χ0v) is 12.4. The first-order valence-electron chi connectivity index (χ1n) is 7.44. The van der Waals surface area contributed by atoms with E-state index in [1.54, 1.807) is 23.2 Å². The highest BCUT2D eigenvalue weighted by Gasteiger charge is 2.22. The van der Waals surface area contributed by atoms with E-state index in [2.05, 4.69) is 4.90 Å². The molecule has 1 N–H and O–H groups in total. The molecule has 1 atom stereocenters. The number of β-amino-alcohol motifs (C(OH)–C–C–N with tert-alkyl or cyclic N) is 1. The summed E-state index contributed by atoms with van der Waals surface area (Å²) in [6, 6.07) is 4.87. The minimum Gasteiger partial charge on any atom is -0.392 e. The molecule has 0 radical (unpaired) electrons. The lowest BCUT2D eigenvalue weighted by Crippen LogP contribution is -2.51. The number of aliphatic hydroxyl groups is 1. The average Bonchev–Trinajstić information content (AvgIpc) is 2.50. The Balaban J connectivity index is 1.83. The van der Waals surface area contributed by atoms with Crippen molar-refractivity contribution < 1.29 is 9.90 Å². The van der Waals surface area contributed by atoms with E-state index in [4.69, 9.17) is 0 Å². The molecular weight excluding hydrogens is 270 g/mol. The highest BCUT2D eigenvalue weighted by molar-refractivity contribution is 5.76. The predicted octanol–water partition coefficient (Wildman–Crippen LogP) is -0.237. The molecule has 1 saturated heterocycles. The van der Waals surface area contributed by atoms with Gasteiger partial charge in [-0.05, 0) is 12.5 Å². The molecule has 6 heteroatoms. The summed E-state index contributed by atoms with van der Waals surface area (Å²) < 4.78 is 1.43. The molecule has 0 aromatic carbocycles. The summed E-state index contributed by atoms with van der Waals surface area (Å²) in [4.78, 5) is 27.8. The van der Waals surface area contributed by atoms with Crippen LogP contribution in [0.15, 0.2) is 29.2 Å². The number of piperazine rings is 1. The molecule has 1 aliphatic heterocycles. The van der Waals surface area contributed by atoms with E-state index in [9.17, 15) is 14.7 Å². The fourth-order valence-electron chi connectivity index (χ4n) is 2.44. The standard InChI is InChI=1S/C15H23N3O3/c1-2-13(19)11-16-7-9-17(10-8-16)15(21)12-18-6-4-3-5-14(18)20/h3-6,13,19H,2,7-12H2,1H3/t13-/m1/s1. The molecule has 116 valence electrons. The van der Waals surface area contributed by atoms with Crippen LogP contribution in [-0.2, 0) is 11.3 Å². The second-order valence-electron chi connectivity index (χ2n) is 5.41. The van der Waals surface area contributed by atoms with Gasteiger partial charge in [-0.1, -0.05) is 13.0 Å². The van der Waals surface area contributed by atoms with Crippen molar-refractivity contribution in [3.8, 4) is 0 Å². The molecule has 1 aromatic heterocycles. The lowest BCUT2D eigenvalue weighted by Gasteiger charge is -2.35. The van der Waals surface area contributed by atoms with Crippen LogP contribution in [0.25, 0.3) is 0 Å². The summed E-state index contributed by atoms with van der Waals surface area (Å²) in [6.07, 6.45) is 2.08. The van der Waals surface area contributed by atoms with Crippen molar-refractivity contribution >= 4 is 5.91 Å². The van der Waals surface area contributed by atoms with Crippen LogP contribution in [0.3, 0.4) is 0 Å². The fourth-order valence-corrected chi connectivity index (χ4v) is 2.44. The maximum atomic E-state index is 12.2. The van der Waals surface area contributed by atoms with Crippen molar-refractivity contribution in [2.75, 3.05) is 32.7 Å². The first-order valence-corrected chi connectivity index (χ1v) is 7.44. The van der Waals surface area contributed by atoms with Gasteiger partial charge in [-0.2, -0.15) is 0 Å². The third-order valence-corrected chi connectivity index (χ3v) is 3.87. The molecule has 1 aromatic rings. The fraction of sp³-hybridized carbons (Fsp3) is 0.600. The smallest absolute Gasteiger partial charge is 0.250 e. The molecule has 2 heterocycles. The van der Waals surface area contributed by atoms with Gasteiger partial charge in [-0.3, -0.25) is 14.5 Å². The van der Waals surface area contributed by atoms with E-state index in [-0.39, 0.29) is 24.1 Å². The van der Waals surface area contributed by atoms with Crippen LogP contribution < -0.4 is 5.56 Å². The Morgan fingerprint density at radius 2 is 2.00 bits per heavy atom. The maximum absolute atomic E-state index is 12.2. The van der Waals surface area contributed by atoms with Crippen molar-refractivity contribution in [1.82, 2.24) is 14.4 Å². The van der Waals surface area contributed by atoms with Crippen LogP contribution in [0.5, 0.6) is 0 Å². The van der Waals surface area contributed by atoms with Crippen molar-refractivity contribution in [3.63, 3.8) is 0 Å². The minimum absolute atomic E-state index is 0.0287. The Morgan fingerprint density at radius 3 is 2.62 bits per heavy atom. The molecule has 0 unspecified atom stereocenters. The molecule has 21 heavy (non-hydrogen) atoms. The number of rotatable bonds is 5. The van der Waals surface area contributed by atoms with Crippen molar-refractivity contribution in [2.45, 2.75) is 26.0 Å². The second-order valence-corrected chi connectivity index (χ2v) is 5.41. The van der Waals surface area contributed by atoms with Crippen molar-refractivity contribution in [2.24, 2.45) is 0 Å². The number of aromatic nitrogens is 1. The van der Waals surface area contributed by atoms with Gasteiger partial charge in [0.2, 0.25) is 5.91 Å². The van der Waals surface area contributed by atoms with Gasteiger partial charge < -0.3 is 14.6 Å². The molecular formula is C15H23N3O3. The van der Waals surface area contributed by atoms with E-state index >= 15 is 0 Å². The topological polar surface area (TPSA) is 65.8 Å². The summed E-state index contributed by atoms with van der Waals surface area (Å²) in [6.45, 7) is 5.56. The number of hydrogen-bond acceptors (Lipinski definition) is 4. The maximum Gasteiger partial charge on any atom is 0.250 e. The van der Waals surface area contributed by atoms with Crippen LogP contribution in [0.2, 0.25) is 0 Å². The first-order chi connectivity index (χ1) is 10.1. The van der Waals surface area contributed by atoms with Gasteiger partial charge in [0.25, 0.3) is 5.56 Å². The molecule has 1 aliphatic rings. The molecule has 0 spiro atoms. The predicted molar refractivity (Wildman–Crippen MR) is 80.0 cm³/mol. The zero-order valence-electron chi connectivity index (χ0n) is 12.4. The molecule has 1 amide bonds. The van der Waals surface area contributed by atoms with E-state index in [1.807, 2.05) is 6.92 Å². The normalized spacial score (nSPS) is 17.7. The van der Waals surface area contributed by atoms with Crippen LogP contribution in [-0.4, -0.2) is 64.2 Å². The SMILES string of the molecule is CC[C@@H](O)CN1CCN(C(=O)Cn2ccccc2=O)CC1. The van der Waals surface area contributed by atoms with Gasteiger partial charge in [-0.15, -0.1) is 0 Å². The molecule has 2 rings (SSSR count). The third-order valence-electron chi connectivity index (χ3n) is 3.87. The van der Waals surface area contributed by atoms with E-state index in [1.165, 1.54) is 10.6 Å². The largest absolute Gasteiger partial charge is 0.392 e. The van der Waals surface area contributed by atoms with E-state index in [0.717, 1.165) is 19.5 Å². The van der Waals surface area contributed by atoms with Crippen molar-refractivity contribution in [3.05, 3.63) is 34.7 Å². The van der Waals surface area contributed by atoms with Gasteiger partial charge in [0.1, 0.15) is 6.54 Å². The first kappa shape index (κ1) is 15.7. The Bertz CT molecular complexity index is 521. The second kappa shape index (κ2) is 7.38. The Labute approximate surface area is 124 Å². The summed E-state index contributed by atoms with van der Waals surface area (Å²) in [5.74, 6) is -0.0287. The quantitative estimate of drug-likeness (QED) is 0.814. The molecule has 0 bridgehead atoms. The van der Waals surface area contributed by atoms with Crippen LogP contribution >= 0.6 is 0 Å². The molecule has 6 nitrogen and oxygen atoms in total. The number of amides is 1. The number of pyridine rings is 1. The molecule has 1 fully saturated rings. The Kier molecular flexibility index (Phi) is 5.52. The number of carbonyl (C=O) groups excluding carboxylic acids is 1. The molecule has 0 aliphatic carbocycles. The third kappa shape index (κ3) is 4.41. The average molecular weight is 293 g/mol. The number of nitrogens with zero attached hydrogens (tertiary/aromatic N) is 3. The van der Waals surface area contributed by atoms with Gasteiger partial charge in [0.05, 0.1) is 6.10 Å². The molecule has 0 saturated carbocycles. The van der Waals surface area contributed by atoms with E-state index < -0.39 is 0 Å². The number of hydrogen-bond donors (Lipinski definition) is 1. The zero-order chi connectivity index (χ0) is 15.2. The Hall–Kier alpha value is -1.66. The number of aliphatic hydroxyl groups excluding tert-OH is 1. The van der Waals surface area contributed by atoms with Gasteiger partial charge in [-0.25, -0.2) is 0 Å². The minimum atomic E-state index is -0.296. The lowest BCUT2D eigenvalue weighted by atomic mass is 10.2. The number of carbonyl (C=O) groups is 1. The summed E-state index contributed by atoms with van der Waals surface area (Å²) in [5.41, 5.74) is -0.157. The van der Waals surface area contributed by atoms with Gasteiger partial charge in [0, 0.05) is 45.0 Å². The lowest BCUT2D eigenvalue weighted by molar-refractivity contribution is -0.133. The summed E-state index contributed by atoms with van der Waals surface area (Å²) >= 11 is 0. The highest BCUT2D eigenvalue weighted by atomic mass is 16.3. The van der Waals surface area contributed by atoms with E-state index in [0.29, 0.717) is 19.6 Å². The monoisotopic (exact) mass is 293 g/mol. The van der Waals surface area contributed by atoms with Crippen LogP contribution in [0.1, 0.15) is 13.3 Å². The van der Waals surface area contributed by atoms with Crippen LogP contribution in [0, 0.1) is 0 Å². The van der Waals surface area contributed by atoms with Gasteiger partial charge in [0.15, 0.2) is 0 Å². The Morgan fingerprint density at radius 1 is 1.29 bits per heavy atom. The van der Waals surface area contributed by atoms with Crippen LogP contribution in [0.4, 0.5) is 0 Å². The van der Waals surface area contributed by atoms with Gasteiger partial charge >= 0.3 is 0 Å².